The lowest BCUT2D eigenvalue weighted by atomic mass is 10.1. The van der Waals surface area contributed by atoms with Crippen LogP contribution in [0.4, 0.5) is 10.5 Å². The summed E-state index contributed by atoms with van der Waals surface area (Å²) in [6.45, 7) is 5.77. The Morgan fingerprint density at radius 2 is 1.74 bits per heavy atom. The van der Waals surface area contributed by atoms with Gasteiger partial charge in [-0.05, 0) is 45.2 Å². The molecule has 1 aliphatic rings. The Hall–Kier alpha value is -1.26. The van der Waals surface area contributed by atoms with Crippen LogP contribution in [0.5, 0.6) is 0 Å². The van der Waals surface area contributed by atoms with Crippen LogP contribution in [0.25, 0.3) is 0 Å². The van der Waals surface area contributed by atoms with E-state index in [2.05, 4.69) is 31.1 Å². The Bertz CT molecular complexity index is 437. The van der Waals surface area contributed by atoms with Gasteiger partial charge in [-0.15, -0.1) is 0 Å². The van der Waals surface area contributed by atoms with Crippen LogP contribution in [0.3, 0.4) is 0 Å². The molecule has 104 valence electrons. The molecule has 5 heteroatoms. The van der Waals surface area contributed by atoms with Crippen molar-refractivity contribution in [1.82, 2.24) is 9.80 Å². The normalized spacial score (nSPS) is 24.3. The Morgan fingerprint density at radius 3 is 2.26 bits per heavy atom. The summed E-state index contributed by atoms with van der Waals surface area (Å²) in [7, 11) is 2.10. The minimum Gasteiger partial charge on any atom is -0.321 e. The number of rotatable bonds is 1. The molecule has 0 spiro atoms. The first-order valence-electron chi connectivity index (χ1n) is 6.51. The zero-order valence-electron chi connectivity index (χ0n) is 11.6. The van der Waals surface area contributed by atoms with Crippen LogP contribution in [0.2, 0.25) is 5.02 Å². The van der Waals surface area contributed by atoms with E-state index in [0.29, 0.717) is 17.1 Å². The largest absolute Gasteiger partial charge is 0.321 e. The van der Waals surface area contributed by atoms with E-state index >= 15 is 0 Å². The molecule has 1 N–H and O–H groups in total. The third kappa shape index (κ3) is 3.39. The van der Waals surface area contributed by atoms with E-state index in [0.717, 1.165) is 18.8 Å². The summed E-state index contributed by atoms with van der Waals surface area (Å²) in [4.78, 5) is 16.4. The van der Waals surface area contributed by atoms with Crippen LogP contribution in [0, 0.1) is 0 Å². The number of amides is 2. The number of carbonyl (C=O) groups is 1. The molecule has 0 saturated carbocycles. The number of piperazine rings is 1. The topological polar surface area (TPSA) is 35.6 Å². The van der Waals surface area contributed by atoms with Gasteiger partial charge >= 0.3 is 6.03 Å². The lowest BCUT2D eigenvalue weighted by molar-refractivity contribution is 0.0816. The average Bonchev–Trinajstić information content (AvgIpc) is 2.38. The number of hydrogen-bond acceptors (Lipinski definition) is 2. The molecule has 2 rings (SSSR count). The second-order valence-corrected chi connectivity index (χ2v) is 5.64. The predicted molar refractivity (Wildman–Crippen MR) is 78.7 cm³/mol. The quantitative estimate of drug-likeness (QED) is 0.859. The number of halogens is 1. The number of carbonyl (C=O) groups excluding carboxylic acids is 1. The molecule has 19 heavy (non-hydrogen) atoms. The minimum absolute atomic E-state index is 0.0471. The molecule has 2 amide bonds. The maximum atomic E-state index is 12.2. The van der Waals surface area contributed by atoms with E-state index < -0.39 is 0 Å². The average molecular weight is 282 g/mol. The van der Waals surface area contributed by atoms with Gasteiger partial charge in [-0.25, -0.2) is 4.79 Å². The molecule has 1 aromatic rings. The lowest BCUT2D eigenvalue weighted by Crippen LogP contribution is -2.57. The summed E-state index contributed by atoms with van der Waals surface area (Å²) in [5.74, 6) is 0. The van der Waals surface area contributed by atoms with Gasteiger partial charge in [0.15, 0.2) is 0 Å². The molecule has 1 fully saturated rings. The number of urea groups is 1. The van der Waals surface area contributed by atoms with Crippen molar-refractivity contribution in [2.24, 2.45) is 0 Å². The fraction of sp³-hybridized carbons (Fsp3) is 0.500. The molecule has 2 atom stereocenters. The number of nitrogens with one attached hydrogen (secondary N) is 1. The van der Waals surface area contributed by atoms with E-state index in [4.69, 9.17) is 11.6 Å². The zero-order chi connectivity index (χ0) is 14.0. The molecule has 0 radical (unpaired) electrons. The van der Waals surface area contributed by atoms with Crippen molar-refractivity contribution in [3.05, 3.63) is 29.3 Å². The third-order valence-electron chi connectivity index (χ3n) is 3.74. The molecule has 1 aromatic carbocycles. The SMILES string of the molecule is CC1CN(C(=O)Nc2ccc(Cl)cc2)CC(C)N1C. The highest BCUT2D eigenvalue weighted by atomic mass is 35.5. The first-order chi connectivity index (χ1) is 8.97. The number of likely N-dealkylation sites (N-methyl/N-ethyl adjacent to an activating group) is 1. The van der Waals surface area contributed by atoms with Crippen LogP contribution in [0.15, 0.2) is 24.3 Å². The number of hydrogen-bond donors (Lipinski definition) is 1. The number of nitrogens with zero attached hydrogens (tertiary/aromatic N) is 2. The van der Waals surface area contributed by atoms with Crippen LogP contribution in [-0.2, 0) is 0 Å². The molecule has 2 unspecified atom stereocenters. The second-order valence-electron chi connectivity index (χ2n) is 5.21. The van der Waals surface area contributed by atoms with Crippen molar-refractivity contribution >= 4 is 23.3 Å². The van der Waals surface area contributed by atoms with Gasteiger partial charge in [0.05, 0.1) is 0 Å². The van der Waals surface area contributed by atoms with E-state index in [1.807, 2.05) is 17.0 Å². The van der Waals surface area contributed by atoms with Crippen molar-refractivity contribution in [2.75, 3.05) is 25.5 Å². The van der Waals surface area contributed by atoms with Crippen molar-refractivity contribution in [1.29, 1.82) is 0 Å². The van der Waals surface area contributed by atoms with Gasteiger partial charge in [0, 0.05) is 35.9 Å². The molecular weight excluding hydrogens is 262 g/mol. The fourth-order valence-corrected chi connectivity index (χ4v) is 2.43. The number of benzene rings is 1. The number of anilines is 1. The van der Waals surface area contributed by atoms with Crippen LogP contribution in [0.1, 0.15) is 13.8 Å². The first kappa shape index (κ1) is 14.2. The molecule has 1 aliphatic heterocycles. The van der Waals surface area contributed by atoms with Crippen molar-refractivity contribution in [2.45, 2.75) is 25.9 Å². The molecular formula is C14H20ClN3O. The summed E-state index contributed by atoms with van der Waals surface area (Å²) in [5.41, 5.74) is 0.772. The summed E-state index contributed by atoms with van der Waals surface area (Å²) < 4.78 is 0. The van der Waals surface area contributed by atoms with Gasteiger partial charge in [0.2, 0.25) is 0 Å². The summed E-state index contributed by atoms with van der Waals surface area (Å²) in [6, 6.07) is 7.86. The van der Waals surface area contributed by atoms with E-state index in [1.54, 1.807) is 12.1 Å². The zero-order valence-corrected chi connectivity index (χ0v) is 12.3. The van der Waals surface area contributed by atoms with Crippen molar-refractivity contribution in [3.63, 3.8) is 0 Å². The van der Waals surface area contributed by atoms with E-state index in [9.17, 15) is 4.79 Å². The summed E-state index contributed by atoms with van der Waals surface area (Å²) in [6.07, 6.45) is 0. The maximum Gasteiger partial charge on any atom is 0.321 e. The lowest BCUT2D eigenvalue weighted by Gasteiger charge is -2.42. The Morgan fingerprint density at radius 1 is 1.21 bits per heavy atom. The maximum absolute atomic E-state index is 12.2. The molecule has 1 saturated heterocycles. The van der Waals surface area contributed by atoms with Gasteiger partial charge in [0.1, 0.15) is 0 Å². The smallest absolute Gasteiger partial charge is 0.321 e. The van der Waals surface area contributed by atoms with Gasteiger partial charge in [-0.3, -0.25) is 4.90 Å². The van der Waals surface area contributed by atoms with Gasteiger partial charge in [-0.2, -0.15) is 0 Å². The van der Waals surface area contributed by atoms with Gasteiger partial charge in [-0.1, -0.05) is 11.6 Å². The first-order valence-corrected chi connectivity index (χ1v) is 6.88. The molecule has 0 aromatic heterocycles. The minimum atomic E-state index is -0.0471. The van der Waals surface area contributed by atoms with Crippen LogP contribution < -0.4 is 5.32 Å². The monoisotopic (exact) mass is 281 g/mol. The van der Waals surface area contributed by atoms with Crippen LogP contribution >= 0.6 is 11.6 Å². The highest BCUT2D eigenvalue weighted by Crippen LogP contribution is 2.17. The highest BCUT2D eigenvalue weighted by molar-refractivity contribution is 6.30. The van der Waals surface area contributed by atoms with Gasteiger partial charge < -0.3 is 10.2 Å². The van der Waals surface area contributed by atoms with E-state index in [-0.39, 0.29) is 6.03 Å². The van der Waals surface area contributed by atoms with Crippen LogP contribution in [-0.4, -0.2) is 48.1 Å². The molecule has 1 heterocycles. The molecule has 0 bridgehead atoms. The third-order valence-corrected chi connectivity index (χ3v) is 3.99. The van der Waals surface area contributed by atoms with Crippen molar-refractivity contribution < 1.29 is 4.79 Å². The predicted octanol–water partition coefficient (Wildman–Crippen LogP) is 2.90. The Labute approximate surface area is 119 Å². The van der Waals surface area contributed by atoms with Crippen molar-refractivity contribution in [3.8, 4) is 0 Å². The standard InChI is InChI=1S/C14H20ClN3O/c1-10-8-18(9-11(2)17(10)3)14(19)16-13-6-4-12(15)5-7-13/h4-7,10-11H,8-9H2,1-3H3,(H,16,19). The Balaban J connectivity index is 1.98. The highest BCUT2D eigenvalue weighted by Gasteiger charge is 2.29. The van der Waals surface area contributed by atoms with E-state index in [1.165, 1.54) is 0 Å². The Kier molecular flexibility index (Phi) is 4.32. The fourth-order valence-electron chi connectivity index (χ4n) is 2.31. The van der Waals surface area contributed by atoms with Gasteiger partial charge in [0.25, 0.3) is 0 Å². The molecule has 4 nitrogen and oxygen atoms in total. The second kappa shape index (κ2) is 5.80. The summed E-state index contributed by atoms with van der Waals surface area (Å²) >= 11 is 5.82. The molecule has 0 aliphatic carbocycles. The summed E-state index contributed by atoms with van der Waals surface area (Å²) in [5, 5.41) is 3.57.